The second kappa shape index (κ2) is 4.63. The molecule has 0 saturated heterocycles. The number of rotatable bonds is 2. The number of aromatic nitrogens is 2. The van der Waals surface area contributed by atoms with Crippen LogP contribution in [0.5, 0.6) is 5.88 Å². The lowest BCUT2D eigenvalue weighted by Gasteiger charge is -2.08. The van der Waals surface area contributed by atoms with Gasteiger partial charge in [-0.1, -0.05) is 0 Å². The van der Waals surface area contributed by atoms with Crippen LogP contribution < -0.4 is 10.9 Å². The molecule has 2 rings (SSSR count). The van der Waals surface area contributed by atoms with Crippen LogP contribution in [0.1, 0.15) is 5.56 Å². The molecule has 1 aromatic carbocycles. The maximum absolute atomic E-state index is 12.3. The highest BCUT2D eigenvalue weighted by molar-refractivity contribution is 5.53. The van der Waals surface area contributed by atoms with E-state index in [4.69, 9.17) is 5.11 Å². The zero-order valence-corrected chi connectivity index (χ0v) is 9.32. The number of benzene rings is 1. The normalized spacial score (nSPS) is 11.3. The molecule has 0 aliphatic heterocycles. The number of nitrogens with one attached hydrogen (secondary N) is 2. The van der Waals surface area contributed by atoms with E-state index in [2.05, 4.69) is 15.3 Å². The van der Waals surface area contributed by atoms with Gasteiger partial charge in [0.05, 0.1) is 11.6 Å². The number of aromatic amines is 1. The van der Waals surface area contributed by atoms with E-state index < -0.39 is 23.2 Å². The van der Waals surface area contributed by atoms with Gasteiger partial charge in [0.2, 0.25) is 11.8 Å². The Morgan fingerprint density at radius 3 is 2.37 bits per heavy atom. The van der Waals surface area contributed by atoms with Crippen LogP contribution >= 0.6 is 0 Å². The van der Waals surface area contributed by atoms with Gasteiger partial charge in [-0.05, 0) is 24.3 Å². The Bertz CT molecular complexity index is 635. The van der Waals surface area contributed by atoms with Crippen molar-refractivity contribution in [1.82, 2.24) is 9.97 Å². The summed E-state index contributed by atoms with van der Waals surface area (Å²) < 4.78 is 37.0. The molecule has 0 aliphatic carbocycles. The van der Waals surface area contributed by atoms with Gasteiger partial charge in [-0.15, -0.1) is 0 Å². The molecule has 0 fully saturated rings. The fraction of sp³-hybridized carbons (Fsp3) is 0.0909. The van der Waals surface area contributed by atoms with Gasteiger partial charge in [-0.25, -0.2) is 0 Å². The number of anilines is 2. The summed E-state index contributed by atoms with van der Waals surface area (Å²) in [6.45, 7) is 0. The number of halogens is 3. The number of hydrogen-bond donors (Lipinski definition) is 3. The molecule has 8 heteroatoms. The standard InChI is InChI=1S/C11H8F3N3O2/c12-11(13,14)6-1-3-7(4-2-6)15-10-16-8(18)5-9(19)17-10/h1-5H,(H3,15,16,17,18,19). The van der Waals surface area contributed by atoms with Crippen LogP contribution in [0.25, 0.3) is 0 Å². The molecule has 0 saturated carbocycles. The molecular formula is C11H8F3N3O2. The van der Waals surface area contributed by atoms with Crippen molar-refractivity contribution in [2.45, 2.75) is 6.18 Å². The van der Waals surface area contributed by atoms with Crippen LogP contribution in [0.4, 0.5) is 24.8 Å². The smallest absolute Gasteiger partial charge is 0.416 e. The fourth-order valence-corrected chi connectivity index (χ4v) is 1.38. The van der Waals surface area contributed by atoms with E-state index in [1.807, 2.05) is 0 Å². The van der Waals surface area contributed by atoms with Crippen molar-refractivity contribution in [2.75, 3.05) is 5.32 Å². The summed E-state index contributed by atoms with van der Waals surface area (Å²) in [6, 6.07) is 5.03. The molecule has 100 valence electrons. The monoisotopic (exact) mass is 271 g/mol. The number of hydrogen-bond acceptors (Lipinski definition) is 4. The van der Waals surface area contributed by atoms with Gasteiger partial charge in [0.15, 0.2) is 0 Å². The van der Waals surface area contributed by atoms with Crippen molar-refractivity contribution in [3.8, 4) is 5.88 Å². The molecule has 0 radical (unpaired) electrons. The molecule has 3 N–H and O–H groups in total. The van der Waals surface area contributed by atoms with Crippen molar-refractivity contribution < 1.29 is 18.3 Å². The molecule has 0 amide bonds. The molecule has 0 bridgehead atoms. The molecule has 19 heavy (non-hydrogen) atoms. The third-order valence-corrected chi connectivity index (χ3v) is 2.20. The Balaban J connectivity index is 2.22. The van der Waals surface area contributed by atoms with Crippen LogP contribution in [0, 0.1) is 0 Å². The molecule has 2 aromatic rings. The predicted octanol–water partition coefficient (Wildman–Crippen LogP) is 2.24. The third-order valence-electron chi connectivity index (χ3n) is 2.20. The van der Waals surface area contributed by atoms with Gasteiger partial charge >= 0.3 is 6.18 Å². The quantitative estimate of drug-likeness (QED) is 0.782. The van der Waals surface area contributed by atoms with Crippen molar-refractivity contribution in [3.63, 3.8) is 0 Å². The van der Waals surface area contributed by atoms with Gasteiger partial charge < -0.3 is 10.4 Å². The Kier molecular flexibility index (Phi) is 3.16. The Morgan fingerprint density at radius 1 is 1.21 bits per heavy atom. The second-order valence-electron chi connectivity index (χ2n) is 3.65. The topological polar surface area (TPSA) is 78.0 Å². The molecular weight excluding hydrogens is 263 g/mol. The largest absolute Gasteiger partial charge is 0.493 e. The summed E-state index contributed by atoms with van der Waals surface area (Å²) in [5.74, 6) is -0.553. The minimum absolute atomic E-state index is 0.0650. The summed E-state index contributed by atoms with van der Waals surface area (Å²) in [5, 5.41) is 11.7. The molecule has 0 spiro atoms. The highest BCUT2D eigenvalue weighted by Gasteiger charge is 2.29. The van der Waals surface area contributed by atoms with Crippen LogP contribution in [-0.4, -0.2) is 15.1 Å². The number of H-pyrrole nitrogens is 1. The predicted molar refractivity (Wildman–Crippen MR) is 61.2 cm³/mol. The zero-order valence-electron chi connectivity index (χ0n) is 9.32. The lowest BCUT2D eigenvalue weighted by Crippen LogP contribution is -2.09. The minimum Gasteiger partial charge on any atom is -0.493 e. The first-order valence-corrected chi connectivity index (χ1v) is 5.09. The van der Waals surface area contributed by atoms with Crippen LogP contribution in [0.3, 0.4) is 0 Å². The Morgan fingerprint density at radius 2 is 1.84 bits per heavy atom. The number of nitrogens with zero attached hydrogens (tertiary/aromatic N) is 1. The highest BCUT2D eigenvalue weighted by Crippen LogP contribution is 2.30. The van der Waals surface area contributed by atoms with Crippen molar-refractivity contribution in [2.24, 2.45) is 0 Å². The van der Waals surface area contributed by atoms with Crippen molar-refractivity contribution >= 4 is 11.6 Å². The van der Waals surface area contributed by atoms with Crippen LogP contribution in [0.15, 0.2) is 35.1 Å². The van der Waals surface area contributed by atoms with Crippen molar-refractivity contribution in [1.29, 1.82) is 0 Å². The van der Waals surface area contributed by atoms with Crippen LogP contribution in [0.2, 0.25) is 0 Å². The summed E-state index contributed by atoms with van der Waals surface area (Å²) in [7, 11) is 0. The molecule has 0 unspecified atom stereocenters. The van der Waals surface area contributed by atoms with E-state index in [-0.39, 0.29) is 5.95 Å². The Labute approximate surface area is 104 Å². The zero-order chi connectivity index (χ0) is 14.0. The maximum atomic E-state index is 12.3. The average Bonchev–Trinajstić information content (AvgIpc) is 2.26. The van der Waals surface area contributed by atoms with E-state index in [0.29, 0.717) is 5.69 Å². The molecule has 1 aromatic heterocycles. The first-order chi connectivity index (χ1) is 8.84. The SMILES string of the molecule is O=c1cc(O)nc(Nc2ccc(C(F)(F)F)cc2)[nH]1. The summed E-state index contributed by atoms with van der Waals surface area (Å²) in [4.78, 5) is 16.9. The minimum atomic E-state index is -4.41. The molecule has 0 aliphatic rings. The van der Waals surface area contributed by atoms with Gasteiger partial charge in [0.1, 0.15) is 0 Å². The molecule has 0 atom stereocenters. The Hall–Kier alpha value is -2.51. The average molecular weight is 271 g/mol. The van der Waals surface area contributed by atoms with E-state index in [1.165, 1.54) is 12.1 Å². The first-order valence-electron chi connectivity index (χ1n) is 5.09. The van der Waals surface area contributed by atoms with E-state index >= 15 is 0 Å². The van der Waals surface area contributed by atoms with Gasteiger partial charge in [-0.2, -0.15) is 18.2 Å². The van der Waals surface area contributed by atoms with Crippen LogP contribution in [-0.2, 0) is 6.18 Å². The van der Waals surface area contributed by atoms with E-state index in [9.17, 15) is 18.0 Å². The van der Waals surface area contributed by atoms with Gasteiger partial charge in [0, 0.05) is 5.69 Å². The molecule has 5 nitrogen and oxygen atoms in total. The van der Waals surface area contributed by atoms with E-state index in [1.54, 1.807) is 0 Å². The lowest BCUT2D eigenvalue weighted by molar-refractivity contribution is -0.137. The highest BCUT2D eigenvalue weighted by atomic mass is 19.4. The number of alkyl halides is 3. The summed E-state index contributed by atoms with van der Waals surface area (Å²) in [5.41, 5.74) is -1.07. The number of aromatic hydroxyl groups is 1. The van der Waals surface area contributed by atoms with Gasteiger partial charge in [-0.3, -0.25) is 9.78 Å². The lowest BCUT2D eigenvalue weighted by atomic mass is 10.2. The van der Waals surface area contributed by atoms with Crippen molar-refractivity contribution in [3.05, 3.63) is 46.2 Å². The second-order valence-corrected chi connectivity index (χ2v) is 3.65. The fourth-order valence-electron chi connectivity index (χ4n) is 1.38. The first kappa shape index (κ1) is 12.9. The maximum Gasteiger partial charge on any atom is 0.416 e. The summed E-state index contributed by atoms with van der Waals surface area (Å²) in [6.07, 6.45) is -4.41. The third kappa shape index (κ3) is 3.24. The molecule has 1 heterocycles. The van der Waals surface area contributed by atoms with Gasteiger partial charge in [0.25, 0.3) is 5.56 Å². The summed E-state index contributed by atoms with van der Waals surface area (Å²) >= 11 is 0. The van der Waals surface area contributed by atoms with E-state index in [0.717, 1.165) is 18.2 Å².